The zero-order chi connectivity index (χ0) is 14.4. The van der Waals surface area contributed by atoms with Crippen LogP contribution in [0.1, 0.15) is 12.7 Å². The van der Waals surface area contributed by atoms with E-state index in [1.54, 1.807) is 17.2 Å². The molecule has 0 aliphatic carbocycles. The van der Waals surface area contributed by atoms with Gasteiger partial charge in [0.25, 0.3) is 0 Å². The van der Waals surface area contributed by atoms with E-state index in [0.717, 1.165) is 34.6 Å². The molecule has 0 N–H and O–H groups in total. The van der Waals surface area contributed by atoms with Crippen molar-refractivity contribution in [2.45, 2.75) is 13.3 Å². The first-order valence-electron chi connectivity index (χ1n) is 6.60. The second kappa shape index (κ2) is 4.53. The molecule has 0 bridgehead atoms. The smallest absolute Gasteiger partial charge is 0.174 e. The van der Waals surface area contributed by atoms with Gasteiger partial charge in [-0.1, -0.05) is 24.6 Å². The fourth-order valence-corrected chi connectivity index (χ4v) is 2.59. The normalized spacial score (nSPS) is 11.5. The van der Waals surface area contributed by atoms with Crippen molar-refractivity contribution in [2.75, 3.05) is 0 Å². The van der Waals surface area contributed by atoms with Gasteiger partial charge in [-0.25, -0.2) is 9.67 Å². The molecule has 0 saturated heterocycles. The van der Waals surface area contributed by atoms with E-state index >= 15 is 0 Å². The Hall–Kier alpha value is -2.47. The van der Waals surface area contributed by atoms with Crippen molar-refractivity contribution in [3.05, 3.63) is 47.6 Å². The van der Waals surface area contributed by atoms with E-state index in [4.69, 9.17) is 11.6 Å². The number of fused-ring (bicyclic) bond motifs is 3. The number of aromatic nitrogens is 6. The van der Waals surface area contributed by atoms with Crippen LogP contribution in [0, 0.1) is 0 Å². The Morgan fingerprint density at radius 2 is 2.10 bits per heavy atom. The molecular formula is C14H11ClN6. The highest BCUT2D eigenvalue weighted by atomic mass is 35.5. The molecule has 0 fully saturated rings. The first kappa shape index (κ1) is 12.3. The lowest BCUT2D eigenvalue weighted by Crippen LogP contribution is -1.99. The van der Waals surface area contributed by atoms with Crippen LogP contribution in [-0.4, -0.2) is 29.4 Å². The molecule has 4 aromatic rings. The number of hydrogen-bond acceptors (Lipinski definition) is 4. The van der Waals surface area contributed by atoms with Crippen LogP contribution < -0.4 is 0 Å². The minimum Gasteiger partial charge on any atom is -0.269 e. The summed E-state index contributed by atoms with van der Waals surface area (Å²) < 4.78 is 3.65. The standard InChI is InChI=1S/C14H11ClN6/c1-2-12-18-19-14-11-7-17-21(13(11)16-8-20(12)14)10-5-3-4-9(15)6-10/h3-8H,2H2,1H3. The van der Waals surface area contributed by atoms with Crippen molar-refractivity contribution in [1.29, 1.82) is 0 Å². The summed E-state index contributed by atoms with van der Waals surface area (Å²) in [7, 11) is 0. The molecule has 3 heterocycles. The van der Waals surface area contributed by atoms with E-state index in [1.807, 2.05) is 35.6 Å². The molecule has 104 valence electrons. The molecule has 4 rings (SSSR count). The van der Waals surface area contributed by atoms with E-state index in [0.29, 0.717) is 5.02 Å². The van der Waals surface area contributed by atoms with Gasteiger partial charge in [0.2, 0.25) is 0 Å². The lowest BCUT2D eigenvalue weighted by molar-refractivity contribution is 0.879. The Labute approximate surface area is 125 Å². The van der Waals surface area contributed by atoms with Crippen LogP contribution in [0.3, 0.4) is 0 Å². The largest absolute Gasteiger partial charge is 0.269 e. The molecule has 21 heavy (non-hydrogen) atoms. The molecule has 3 aromatic heterocycles. The number of rotatable bonds is 2. The first-order chi connectivity index (χ1) is 10.3. The highest BCUT2D eigenvalue weighted by Gasteiger charge is 2.13. The second-order valence-corrected chi connectivity index (χ2v) is 5.12. The summed E-state index contributed by atoms with van der Waals surface area (Å²) in [5.41, 5.74) is 2.37. The van der Waals surface area contributed by atoms with Gasteiger partial charge in [0, 0.05) is 11.4 Å². The predicted octanol–water partition coefficient (Wildman–Crippen LogP) is 2.68. The molecule has 0 saturated carbocycles. The number of hydrogen-bond donors (Lipinski definition) is 0. The third kappa shape index (κ3) is 1.80. The lowest BCUT2D eigenvalue weighted by atomic mass is 10.3. The van der Waals surface area contributed by atoms with Gasteiger partial charge in [-0.2, -0.15) is 5.10 Å². The molecule has 7 heteroatoms. The summed E-state index contributed by atoms with van der Waals surface area (Å²) in [5.74, 6) is 0.884. The van der Waals surface area contributed by atoms with Crippen LogP contribution in [-0.2, 0) is 6.42 Å². The van der Waals surface area contributed by atoms with Crippen LogP contribution in [0.2, 0.25) is 5.02 Å². The molecule has 6 nitrogen and oxygen atoms in total. The Morgan fingerprint density at radius 1 is 1.19 bits per heavy atom. The Balaban J connectivity index is 2.01. The number of nitrogens with zero attached hydrogens (tertiary/aromatic N) is 6. The van der Waals surface area contributed by atoms with Gasteiger partial charge >= 0.3 is 0 Å². The third-order valence-corrected chi connectivity index (χ3v) is 3.65. The van der Waals surface area contributed by atoms with Crippen molar-refractivity contribution >= 4 is 28.3 Å². The van der Waals surface area contributed by atoms with Crippen LogP contribution in [0.4, 0.5) is 0 Å². The van der Waals surface area contributed by atoms with Gasteiger partial charge < -0.3 is 0 Å². The van der Waals surface area contributed by atoms with Crippen molar-refractivity contribution < 1.29 is 0 Å². The van der Waals surface area contributed by atoms with Crippen LogP contribution in [0.25, 0.3) is 22.4 Å². The van der Waals surface area contributed by atoms with Crippen molar-refractivity contribution in [3.63, 3.8) is 0 Å². The summed E-state index contributed by atoms with van der Waals surface area (Å²) in [4.78, 5) is 4.50. The summed E-state index contributed by atoms with van der Waals surface area (Å²) in [6.07, 6.45) is 4.29. The number of halogens is 1. The van der Waals surface area contributed by atoms with E-state index < -0.39 is 0 Å². The van der Waals surface area contributed by atoms with E-state index in [9.17, 15) is 0 Å². The van der Waals surface area contributed by atoms with Crippen LogP contribution in [0.5, 0.6) is 0 Å². The molecule has 0 atom stereocenters. The Morgan fingerprint density at radius 3 is 2.90 bits per heavy atom. The van der Waals surface area contributed by atoms with Gasteiger partial charge in [-0.05, 0) is 18.2 Å². The highest BCUT2D eigenvalue weighted by Crippen LogP contribution is 2.21. The maximum absolute atomic E-state index is 6.04. The summed E-state index contributed by atoms with van der Waals surface area (Å²) >= 11 is 6.04. The van der Waals surface area contributed by atoms with Gasteiger partial charge in [0.1, 0.15) is 12.2 Å². The van der Waals surface area contributed by atoms with Gasteiger partial charge in [0.15, 0.2) is 11.3 Å². The summed E-state index contributed by atoms with van der Waals surface area (Å²) in [5, 5.41) is 14.3. The molecule has 0 unspecified atom stereocenters. The minimum absolute atomic E-state index is 0.660. The van der Waals surface area contributed by atoms with E-state index in [2.05, 4.69) is 20.3 Å². The molecular weight excluding hydrogens is 288 g/mol. The molecule has 0 amide bonds. The SMILES string of the molecule is CCc1nnc2c3cnn(-c4cccc(Cl)c4)c3ncn12. The number of aryl methyl sites for hydroxylation is 1. The number of benzene rings is 1. The summed E-state index contributed by atoms with van der Waals surface area (Å²) in [6, 6.07) is 7.50. The fraction of sp³-hybridized carbons (Fsp3) is 0.143. The summed E-state index contributed by atoms with van der Waals surface area (Å²) in [6.45, 7) is 2.04. The van der Waals surface area contributed by atoms with Crippen molar-refractivity contribution in [1.82, 2.24) is 29.4 Å². The monoisotopic (exact) mass is 298 g/mol. The zero-order valence-corrected chi connectivity index (χ0v) is 12.0. The van der Waals surface area contributed by atoms with Gasteiger partial charge in [-0.3, -0.25) is 4.40 Å². The maximum atomic E-state index is 6.04. The average molecular weight is 299 g/mol. The highest BCUT2D eigenvalue weighted by molar-refractivity contribution is 6.30. The second-order valence-electron chi connectivity index (χ2n) is 4.68. The zero-order valence-electron chi connectivity index (χ0n) is 11.2. The average Bonchev–Trinajstić information content (AvgIpc) is 3.10. The molecule has 0 aliphatic rings. The van der Waals surface area contributed by atoms with Gasteiger partial charge in [0.05, 0.1) is 17.3 Å². The molecule has 0 spiro atoms. The third-order valence-electron chi connectivity index (χ3n) is 3.42. The molecule has 0 aliphatic heterocycles. The topological polar surface area (TPSA) is 60.9 Å². The fourth-order valence-electron chi connectivity index (χ4n) is 2.40. The quantitative estimate of drug-likeness (QED) is 0.571. The van der Waals surface area contributed by atoms with E-state index in [1.165, 1.54) is 0 Å². The van der Waals surface area contributed by atoms with Gasteiger partial charge in [-0.15, -0.1) is 10.2 Å². The lowest BCUT2D eigenvalue weighted by Gasteiger charge is -2.03. The van der Waals surface area contributed by atoms with Crippen LogP contribution in [0.15, 0.2) is 36.8 Å². The molecule has 1 aromatic carbocycles. The maximum Gasteiger partial charge on any atom is 0.174 e. The first-order valence-corrected chi connectivity index (χ1v) is 6.98. The predicted molar refractivity (Wildman–Crippen MR) is 79.8 cm³/mol. The van der Waals surface area contributed by atoms with Crippen molar-refractivity contribution in [3.8, 4) is 5.69 Å². The van der Waals surface area contributed by atoms with E-state index in [-0.39, 0.29) is 0 Å². The molecule has 0 radical (unpaired) electrons. The van der Waals surface area contributed by atoms with Crippen LogP contribution >= 0.6 is 11.6 Å². The Kier molecular flexibility index (Phi) is 2.65. The Bertz CT molecular complexity index is 955. The minimum atomic E-state index is 0.660. The van der Waals surface area contributed by atoms with Crippen molar-refractivity contribution in [2.24, 2.45) is 0 Å².